The summed E-state index contributed by atoms with van der Waals surface area (Å²) >= 11 is 0. The van der Waals surface area contributed by atoms with Gasteiger partial charge in [-0.1, -0.05) is 105 Å². The number of amides is 1. The molecule has 166 valence electrons. The minimum absolute atomic E-state index is 0.0101. The van der Waals surface area contributed by atoms with Crippen LogP contribution >= 0.6 is 0 Å². The zero-order chi connectivity index (χ0) is 23.0. The van der Waals surface area contributed by atoms with Crippen molar-refractivity contribution in [2.75, 3.05) is 5.32 Å². The lowest BCUT2D eigenvalue weighted by atomic mass is 9.88. The highest BCUT2D eigenvalue weighted by Gasteiger charge is 2.23. The molecule has 0 bridgehead atoms. The maximum atomic E-state index is 13.6. The van der Waals surface area contributed by atoms with Crippen LogP contribution in [0.1, 0.15) is 59.2 Å². The third-order valence-corrected chi connectivity index (χ3v) is 6.20. The Kier molecular flexibility index (Phi) is 7.31. The molecule has 0 saturated heterocycles. The highest BCUT2D eigenvalue weighted by molar-refractivity contribution is 6.00. The molecular formula is C30H29NO2. The molecule has 0 fully saturated rings. The summed E-state index contributed by atoms with van der Waals surface area (Å²) < 4.78 is 0. The van der Waals surface area contributed by atoms with Crippen LogP contribution < -0.4 is 5.32 Å². The number of rotatable bonds is 9. The fourth-order valence-electron chi connectivity index (χ4n) is 4.42. The third-order valence-electron chi connectivity index (χ3n) is 6.20. The number of nitrogens with one attached hydrogen (secondary N) is 1. The van der Waals surface area contributed by atoms with Gasteiger partial charge in [0.2, 0.25) is 5.91 Å². The third kappa shape index (κ3) is 5.20. The van der Waals surface area contributed by atoms with Gasteiger partial charge in [-0.05, 0) is 39.9 Å². The number of benzene rings is 4. The summed E-state index contributed by atoms with van der Waals surface area (Å²) in [5, 5.41) is 5.49. The Morgan fingerprint density at radius 2 is 1.55 bits per heavy atom. The normalized spacial score (nSPS) is 11.8. The number of anilines is 1. The molecule has 0 aromatic heterocycles. The van der Waals surface area contributed by atoms with Gasteiger partial charge in [0, 0.05) is 17.7 Å². The first-order chi connectivity index (χ1) is 16.2. The van der Waals surface area contributed by atoms with Crippen molar-refractivity contribution in [2.45, 2.75) is 38.5 Å². The smallest absolute Gasteiger partial charge is 0.231 e. The van der Waals surface area contributed by atoms with Gasteiger partial charge in [0.15, 0.2) is 0 Å². The number of carbonyl (C=O) groups excluding carboxylic acids is 2. The van der Waals surface area contributed by atoms with E-state index < -0.39 is 0 Å². The lowest BCUT2D eigenvalue weighted by molar-refractivity contribution is -0.117. The Morgan fingerprint density at radius 1 is 0.848 bits per heavy atom. The van der Waals surface area contributed by atoms with E-state index in [9.17, 15) is 9.59 Å². The van der Waals surface area contributed by atoms with Gasteiger partial charge in [-0.3, -0.25) is 9.59 Å². The first-order valence-electron chi connectivity index (χ1n) is 11.6. The molecule has 4 rings (SSSR count). The molecule has 3 heteroatoms. The molecule has 1 atom stereocenters. The Balaban J connectivity index is 1.65. The van der Waals surface area contributed by atoms with Crippen molar-refractivity contribution < 1.29 is 9.59 Å². The summed E-state index contributed by atoms with van der Waals surface area (Å²) in [7, 11) is 0. The zero-order valence-electron chi connectivity index (χ0n) is 19.0. The van der Waals surface area contributed by atoms with E-state index in [0.717, 1.165) is 58.7 Å². The van der Waals surface area contributed by atoms with E-state index in [1.807, 2.05) is 66.7 Å². The average molecular weight is 436 g/mol. The molecule has 1 N–H and O–H groups in total. The largest absolute Gasteiger partial charge is 0.325 e. The Bertz CT molecular complexity index is 1260. The first-order valence-corrected chi connectivity index (χ1v) is 11.6. The molecule has 0 heterocycles. The molecule has 0 aliphatic heterocycles. The van der Waals surface area contributed by atoms with Crippen molar-refractivity contribution >= 4 is 28.7 Å². The van der Waals surface area contributed by atoms with Crippen molar-refractivity contribution in [3.8, 4) is 0 Å². The molecule has 0 saturated carbocycles. The zero-order valence-corrected chi connectivity index (χ0v) is 19.0. The maximum absolute atomic E-state index is 13.6. The van der Waals surface area contributed by atoms with E-state index in [0.29, 0.717) is 12.0 Å². The topological polar surface area (TPSA) is 46.2 Å². The van der Waals surface area contributed by atoms with Gasteiger partial charge < -0.3 is 5.32 Å². The fraction of sp³-hybridized carbons (Fsp3) is 0.200. The molecule has 1 amide bonds. The SMILES string of the molecule is CCCCC(C(=O)Nc1ccccc1Cc1ccccc1C=O)c1cccc2ccccc12. The predicted octanol–water partition coefficient (Wildman–Crippen LogP) is 7.16. The van der Waals surface area contributed by atoms with Crippen LogP contribution in [0.4, 0.5) is 5.69 Å². The molecule has 0 spiro atoms. The second-order valence-corrected chi connectivity index (χ2v) is 8.40. The molecule has 1 unspecified atom stereocenters. The molecule has 4 aromatic rings. The Morgan fingerprint density at radius 3 is 2.36 bits per heavy atom. The van der Waals surface area contributed by atoms with Crippen molar-refractivity contribution in [3.63, 3.8) is 0 Å². The minimum atomic E-state index is -0.230. The van der Waals surface area contributed by atoms with Crippen LogP contribution in [0.2, 0.25) is 0 Å². The molecule has 0 aliphatic rings. The van der Waals surface area contributed by atoms with Crippen molar-refractivity contribution in [2.24, 2.45) is 0 Å². The van der Waals surface area contributed by atoms with Crippen LogP contribution in [0.15, 0.2) is 91.0 Å². The van der Waals surface area contributed by atoms with Crippen molar-refractivity contribution in [1.82, 2.24) is 0 Å². The lowest BCUT2D eigenvalue weighted by Crippen LogP contribution is -2.22. The van der Waals surface area contributed by atoms with E-state index >= 15 is 0 Å². The molecule has 0 aliphatic carbocycles. The van der Waals surface area contributed by atoms with E-state index in [4.69, 9.17) is 0 Å². The summed E-state index contributed by atoms with van der Waals surface area (Å²) in [4.78, 5) is 25.1. The maximum Gasteiger partial charge on any atom is 0.231 e. The first kappa shape index (κ1) is 22.5. The average Bonchev–Trinajstić information content (AvgIpc) is 2.86. The van der Waals surface area contributed by atoms with E-state index in [-0.39, 0.29) is 11.8 Å². The van der Waals surface area contributed by atoms with Gasteiger partial charge in [-0.15, -0.1) is 0 Å². The molecule has 4 aromatic carbocycles. The summed E-state index contributed by atoms with van der Waals surface area (Å²) in [6, 6.07) is 29.9. The van der Waals surface area contributed by atoms with Crippen LogP contribution in [0.25, 0.3) is 10.8 Å². The van der Waals surface area contributed by atoms with Crippen LogP contribution in [0.5, 0.6) is 0 Å². The van der Waals surface area contributed by atoms with E-state index in [1.54, 1.807) is 0 Å². The number of hydrogen-bond acceptors (Lipinski definition) is 2. The highest BCUT2D eigenvalue weighted by atomic mass is 16.1. The van der Waals surface area contributed by atoms with Crippen molar-refractivity contribution in [1.29, 1.82) is 0 Å². The molecular weight excluding hydrogens is 406 g/mol. The second-order valence-electron chi connectivity index (χ2n) is 8.40. The van der Waals surface area contributed by atoms with Gasteiger partial charge in [-0.25, -0.2) is 0 Å². The number of para-hydroxylation sites is 1. The van der Waals surface area contributed by atoms with Crippen LogP contribution in [-0.2, 0) is 11.2 Å². The quantitative estimate of drug-likeness (QED) is 0.284. The number of fused-ring (bicyclic) bond motifs is 1. The molecule has 3 nitrogen and oxygen atoms in total. The van der Waals surface area contributed by atoms with Gasteiger partial charge in [0.1, 0.15) is 6.29 Å². The van der Waals surface area contributed by atoms with Gasteiger partial charge in [-0.2, -0.15) is 0 Å². The lowest BCUT2D eigenvalue weighted by Gasteiger charge is -2.20. The Hall–Kier alpha value is -3.72. The monoisotopic (exact) mass is 435 g/mol. The van der Waals surface area contributed by atoms with E-state index in [1.165, 1.54) is 0 Å². The molecule has 33 heavy (non-hydrogen) atoms. The predicted molar refractivity (Wildman–Crippen MR) is 136 cm³/mol. The summed E-state index contributed by atoms with van der Waals surface area (Å²) in [5.41, 5.74) is 4.49. The number of aldehydes is 1. The second kappa shape index (κ2) is 10.7. The standard InChI is InChI=1S/C30H29NO2/c1-2-3-16-28(27-18-10-15-22-11-6-8-17-26(22)27)30(33)31-29-19-9-7-13-24(29)20-23-12-4-5-14-25(23)21-32/h4-15,17-19,21,28H,2-3,16,20H2,1H3,(H,31,33). The van der Waals surface area contributed by atoms with Crippen LogP contribution in [0.3, 0.4) is 0 Å². The fourth-order valence-corrected chi connectivity index (χ4v) is 4.42. The number of carbonyl (C=O) groups is 2. The van der Waals surface area contributed by atoms with E-state index in [2.05, 4.69) is 36.5 Å². The van der Waals surface area contributed by atoms with Crippen molar-refractivity contribution in [3.05, 3.63) is 113 Å². The van der Waals surface area contributed by atoms with Gasteiger partial charge in [0.05, 0.1) is 5.92 Å². The summed E-state index contributed by atoms with van der Waals surface area (Å²) in [6.45, 7) is 2.15. The minimum Gasteiger partial charge on any atom is -0.325 e. The highest BCUT2D eigenvalue weighted by Crippen LogP contribution is 2.31. The van der Waals surface area contributed by atoms with Crippen LogP contribution in [-0.4, -0.2) is 12.2 Å². The summed E-state index contributed by atoms with van der Waals surface area (Å²) in [5.74, 6) is -0.220. The van der Waals surface area contributed by atoms with Gasteiger partial charge >= 0.3 is 0 Å². The molecule has 0 radical (unpaired) electrons. The summed E-state index contributed by atoms with van der Waals surface area (Å²) in [6.07, 6.45) is 4.28. The Labute approximate surface area is 195 Å². The van der Waals surface area contributed by atoms with Crippen LogP contribution in [0, 0.1) is 0 Å². The van der Waals surface area contributed by atoms with Gasteiger partial charge in [0.25, 0.3) is 0 Å². The number of hydrogen-bond donors (Lipinski definition) is 1. The number of unbranched alkanes of at least 4 members (excludes halogenated alkanes) is 1.